The molecule has 6 rings (SSSR count). The second kappa shape index (κ2) is 13.9. The molecule has 0 saturated heterocycles. The number of carbonyl (C=O) groups is 2. The van der Waals surface area contributed by atoms with Crippen molar-refractivity contribution in [3.63, 3.8) is 0 Å². The van der Waals surface area contributed by atoms with E-state index in [9.17, 15) is 14.0 Å². The molecule has 0 aliphatic carbocycles. The highest BCUT2D eigenvalue weighted by Crippen LogP contribution is 2.35. The number of nitrogens with zero attached hydrogens (tertiary/aromatic N) is 5. The summed E-state index contributed by atoms with van der Waals surface area (Å²) in [5.74, 6) is 0.228. The first kappa shape index (κ1) is 30.2. The number of hydrogen-bond acceptors (Lipinski definition) is 8. The molecule has 228 valence electrons. The number of hydrazone groups is 1. The first-order valence-corrected chi connectivity index (χ1v) is 16.1. The number of nitrogens with one attached hydrogen (secondary N) is 1. The predicted molar refractivity (Wildman–Crippen MR) is 172 cm³/mol. The van der Waals surface area contributed by atoms with Crippen LogP contribution in [-0.2, 0) is 17.9 Å². The molecular weight excluding hydrogens is 612 g/mol. The van der Waals surface area contributed by atoms with Crippen LogP contribution in [-0.4, -0.2) is 50.2 Å². The molecule has 1 unspecified atom stereocenters. The Morgan fingerprint density at radius 3 is 2.53 bits per heavy atom. The van der Waals surface area contributed by atoms with Crippen molar-refractivity contribution in [2.45, 2.75) is 30.7 Å². The minimum Gasteiger partial charge on any atom is -0.496 e. The Morgan fingerprint density at radius 1 is 1.00 bits per heavy atom. The molecular formula is C33H29FN6O3S2. The SMILES string of the molecule is COc1ccccc1C(=O)NCc1nnc(SCC(=O)N2N=C(c3cccs3)CC2c2ccc(F)cc2)n1Cc1ccccc1. The summed E-state index contributed by atoms with van der Waals surface area (Å²) < 4.78 is 20.9. The Labute approximate surface area is 267 Å². The first-order chi connectivity index (χ1) is 22.0. The Balaban J connectivity index is 1.21. The van der Waals surface area contributed by atoms with E-state index in [-0.39, 0.29) is 36.0 Å². The van der Waals surface area contributed by atoms with Gasteiger partial charge in [-0.25, -0.2) is 9.40 Å². The lowest BCUT2D eigenvalue weighted by Crippen LogP contribution is -2.28. The van der Waals surface area contributed by atoms with E-state index in [1.165, 1.54) is 36.0 Å². The molecule has 12 heteroatoms. The van der Waals surface area contributed by atoms with Crippen LogP contribution in [0.5, 0.6) is 5.75 Å². The molecule has 0 saturated carbocycles. The van der Waals surface area contributed by atoms with Crippen LogP contribution >= 0.6 is 23.1 Å². The number of amides is 2. The summed E-state index contributed by atoms with van der Waals surface area (Å²) >= 11 is 2.82. The van der Waals surface area contributed by atoms with Gasteiger partial charge in [0.05, 0.1) is 48.1 Å². The van der Waals surface area contributed by atoms with Gasteiger partial charge in [0.2, 0.25) is 0 Å². The van der Waals surface area contributed by atoms with Crippen LogP contribution in [0.3, 0.4) is 0 Å². The van der Waals surface area contributed by atoms with Gasteiger partial charge in [0, 0.05) is 6.42 Å². The fourth-order valence-electron chi connectivity index (χ4n) is 5.04. The molecule has 0 radical (unpaired) electrons. The van der Waals surface area contributed by atoms with Gasteiger partial charge in [0.1, 0.15) is 11.6 Å². The monoisotopic (exact) mass is 640 g/mol. The summed E-state index contributed by atoms with van der Waals surface area (Å²) in [6.45, 7) is 0.575. The molecule has 1 aliphatic rings. The summed E-state index contributed by atoms with van der Waals surface area (Å²) in [7, 11) is 1.52. The van der Waals surface area contributed by atoms with Crippen LogP contribution in [0.15, 0.2) is 107 Å². The topological polar surface area (TPSA) is 102 Å². The third-order valence-electron chi connectivity index (χ3n) is 7.29. The number of rotatable bonds is 11. The smallest absolute Gasteiger partial charge is 0.255 e. The summed E-state index contributed by atoms with van der Waals surface area (Å²) in [5.41, 5.74) is 3.06. The van der Waals surface area contributed by atoms with Gasteiger partial charge in [0.25, 0.3) is 11.8 Å². The Hall–Kier alpha value is -4.81. The predicted octanol–water partition coefficient (Wildman–Crippen LogP) is 5.94. The van der Waals surface area contributed by atoms with Gasteiger partial charge in [0.15, 0.2) is 11.0 Å². The molecule has 1 N–H and O–H groups in total. The van der Waals surface area contributed by atoms with Gasteiger partial charge in [-0.1, -0.05) is 72.4 Å². The molecule has 3 aromatic carbocycles. The molecule has 2 aromatic heterocycles. The molecule has 3 heterocycles. The zero-order valence-electron chi connectivity index (χ0n) is 24.3. The molecule has 9 nitrogen and oxygen atoms in total. The molecule has 5 aromatic rings. The Morgan fingerprint density at radius 2 is 1.78 bits per heavy atom. The van der Waals surface area contributed by atoms with Crippen LogP contribution < -0.4 is 10.1 Å². The number of ether oxygens (including phenoxy) is 1. The lowest BCUT2D eigenvalue weighted by atomic mass is 10.0. The van der Waals surface area contributed by atoms with Gasteiger partial charge in [-0.05, 0) is 46.8 Å². The maximum Gasteiger partial charge on any atom is 0.255 e. The lowest BCUT2D eigenvalue weighted by molar-refractivity contribution is -0.130. The van der Waals surface area contributed by atoms with Gasteiger partial charge >= 0.3 is 0 Å². The Kier molecular flexibility index (Phi) is 9.32. The van der Waals surface area contributed by atoms with Crippen LogP contribution in [0, 0.1) is 5.82 Å². The number of methoxy groups -OCH3 is 1. The van der Waals surface area contributed by atoms with Crippen LogP contribution in [0.4, 0.5) is 4.39 Å². The number of para-hydroxylation sites is 1. The minimum atomic E-state index is -0.348. The van der Waals surface area contributed by atoms with Gasteiger partial charge in [-0.15, -0.1) is 21.5 Å². The molecule has 0 bridgehead atoms. The number of aromatic nitrogens is 3. The third-order valence-corrected chi connectivity index (χ3v) is 9.16. The van der Waals surface area contributed by atoms with Gasteiger partial charge < -0.3 is 14.6 Å². The van der Waals surface area contributed by atoms with E-state index in [0.717, 1.165) is 21.7 Å². The zero-order chi connectivity index (χ0) is 31.2. The van der Waals surface area contributed by atoms with Gasteiger partial charge in [-0.3, -0.25) is 9.59 Å². The largest absolute Gasteiger partial charge is 0.496 e. The van der Waals surface area contributed by atoms with Crippen molar-refractivity contribution in [2.75, 3.05) is 12.9 Å². The molecule has 2 amide bonds. The minimum absolute atomic E-state index is 0.0550. The quantitative estimate of drug-likeness (QED) is 0.180. The maximum atomic E-state index is 13.7. The van der Waals surface area contributed by atoms with E-state index in [2.05, 4.69) is 15.5 Å². The first-order valence-electron chi connectivity index (χ1n) is 14.2. The van der Waals surface area contributed by atoms with Crippen LogP contribution in [0.1, 0.15) is 44.6 Å². The van der Waals surface area contributed by atoms with E-state index in [1.54, 1.807) is 47.7 Å². The molecule has 1 atom stereocenters. The maximum absolute atomic E-state index is 13.7. The van der Waals surface area contributed by atoms with Crippen molar-refractivity contribution in [3.8, 4) is 5.75 Å². The van der Waals surface area contributed by atoms with Crippen LogP contribution in [0.2, 0.25) is 0 Å². The normalized spacial score (nSPS) is 14.3. The summed E-state index contributed by atoms with van der Waals surface area (Å²) in [6.07, 6.45) is 0.531. The average Bonchev–Trinajstić information content (AvgIpc) is 3.84. The second-order valence-electron chi connectivity index (χ2n) is 10.2. The highest BCUT2D eigenvalue weighted by atomic mass is 32.2. The standard InChI is InChI=1S/C33H29FN6O3S2/c1-43-28-11-6-5-10-25(28)32(42)35-19-30-36-37-33(39(30)20-22-8-3-2-4-9-22)45-21-31(41)40-27(23-13-15-24(34)16-14-23)18-26(38-40)29-12-7-17-44-29/h2-17,27H,18-21H2,1H3,(H,35,42). The fraction of sp³-hybridized carbons (Fsp3) is 0.182. The highest BCUT2D eigenvalue weighted by Gasteiger charge is 2.33. The summed E-state index contributed by atoms with van der Waals surface area (Å²) in [4.78, 5) is 27.7. The number of carbonyl (C=O) groups excluding carboxylic acids is 2. The van der Waals surface area contributed by atoms with Gasteiger partial charge in [-0.2, -0.15) is 5.10 Å². The lowest BCUT2D eigenvalue weighted by Gasteiger charge is -2.22. The van der Waals surface area contributed by atoms with Crippen molar-refractivity contribution in [1.82, 2.24) is 25.1 Å². The number of benzene rings is 3. The number of thioether (sulfide) groups is 1. The Bertz CT molecular complexity index is 1810. The zero-order valence-corrected chi connectivity index (χ0v) is 25.9. The van der Waals surface area contributed by atoms with Crippen LogP contribution in [0.25, 0.3) is 0 Å². The van der Waals surface area contributed by atoms with Crippen molar-refractivity contribution < 1.29 is 18.7 Å². The summed E-state index contributed by atoms with van der Waals surface area (Å²) in [6, 6.07) is 26.6. The fourth-order valence-corrected chi connectivity index (χ4v) is 6.57. The van der Waals surface area contributed by atoms with E-state index in [0.29, 0.717) is 35.3 Å². The number of hydrogen-bond donors (Lipinski definition) is 1. The van der Waals surface area contributed by atoms with Crippen molar-refractivity contribution in [2.24, 2.45) is 5.10 Å². The highest BCUT2D eigenvalue weighted by molar-refractivity contribution is 7.99. The molecule has 0 spiro atoms. The third kappa shape index (κ3) is 6.97. The number of halogens is 1. The van der Waals surface area contributed by atoms with E-state index >= 15 is 0 Å². The molecule has 45 heavy (non-hydrogen) atoms. The van der Waals surface area contributed by atoms with E-state index in [1.807, 2.05) is 52.4 Å². The number of thiophene rings is 1. The average molecular weight is 641 g/mol. The van der Waals surface area contributed by atoms with Crippen molar-refractivity contribution >= 4 is 40.6 Å². The summed E-state index contributed by atoms with van der Waals surface area (Å²) in [5, 5.41) is 20.4. The van der Waals surface area contributed by atoms with Crippen molar-refractivity contribution in [1.29, 1.82) is 0 Å². The van der Waals surface area contributed by atoms with E-state index in [4.69, 9.17) is 9.84 Å². The molecule has 0 fully saturated rings. The molecule has 1 aliphatic heterocycles. The van der Waals surface area contributed by atoms with E-state index < -0.39 is 0 Å². The van der Waals surface area contributed by atoms with Crippen molar-refractivity contribution in [3.05, 3.63) is 130 Å². The second-order valence-corrected chi connectivity index (χ2v) is 12.1.